The molecule has 2 unspecified atom stereocenters. The number of nitrogens with one attached hydrogen (secondary N) is 1. The molecule has 0 saturated heterocycles. The molecule has 3 rings (SSSR count). The standard InChI is InChI=1S/C13H19NOS/c15-12(9-4-5-9)8-14-11-2-1-3-13-10(11)6-7-16-13/h6-7,9,11-12,14-15H,1-5,8H2. The van der Waals surface area contributed by atoms with Gasteiger partial charge in [-0.25, -0.2) is 0 Å². The first-order chi connectivity index (χ1) is 7.84. The van der Waals surface area contributed by atoms with Gasteiger partial charge in [-0.3, -0.25) is 0 Å². The van der Waals surface area contributed by atoms with Crippen molar-refractivity contribution in [1.29, 1.82) is 0 Å². The predicted molar refractivity (Wildman–Crippen MR) is 66.7 cm³/mol. The van der Waals surface area contributed by atoms with E-state index < -0.39 is 0 Å². The van der Waals surface area contributed by atoms with Crippen molar-refractivity contribution in [1.82, 2.24) is 5.32 Å². The average molecular weight is 237 g/mol. The Balaban J connectivity index is 1.59. The van der Waals surface area contributed by atoms with E-state index in [2.05, 4.69) is 16.8 Å². The zero-order chi connectivity index (χ0) is 11.0. The van der Waals surface area contributed by atoms with Gasteiger partial charge in [0.1, 0.15) is 0 Å². The lowest BCUT2D eigenvalue weighted by Gasteiger charge is -2.25. The molecule has 1 heterocycles. The molecule has 0 amide bonds. The second kappa shape index (κ2) is 4.47. The summed E-state index contributed by atoms with van der Waals surface area (Å²) in [4.78, 5) is 1.55. The Morgan fingerprint density at radius 1 is 1.44 bits per heavy atom. The molecule has 1 aromatic rings. The smallest absolute Gasteiger partial charge is 0.0692 e. The number of aliphatic hydroxyl groups excluding tert-OH is 1. The summed E-state index contributed by atoms with van der Waals surface area (Å²) in [6, 6.07) is 2.74. The van der Waals surface area contributed by atoms with E-state index in [-0.39, 0.29) is 6.10 Å². The Bertz CT molecular complexity index is 359. The van der Waals surface area contributed by atoms with Crippen molar-refractivity contribution >= 4 is 11.3 Å². The lowest BCUT2D eigenvalue weighted by atomic mass is 9.94. The Kier molecular flexibility index (Phi) is 3.01. The van der Waals surface area contributed by atoms with Crippen molar-refractivity contribution < 1.29 is 5.11 Å². The van der Waals surface area contributed by atoms with Gasteiger partial charge in [0.25, 0.3) is 0 Å². The maximum absolute atomic E-state index is 9.86. The highest BCUT2D eigenvalue weighted by Gasteiger charge is 2.30. The molecular weight excluding hydrogens is 218 g/mol. The van der Waals surface area contributed by atoms with E-state index in [1.807, 2.05) is 11.3 Å². The molecule has 2 N–H and O–H groups in total. The molecule has 2 atom stereocenters. The fourth-order valence-corrected chi connectivity index (χ4v) is 3.60. The summed E-state index contributed by atoms with van der Waals surface area (Å²) >= 11 is 1.88. The number of hydrogen-bond acceptors (Lipinski definition) is 3. The summed E-state index contributed by atoms with van der Waals surface area (Å²) in [6.07, 6.45) is 6.07. The molecule has 0 bridgehead atoms. The summed E-state index contributed by atoms with van der Waals surface area (Å²) in [5.41, 5.74) is 1.49. The van der Waals surface area contributed by atoms with Gasteiger partial charge in [-0.05, 0) is 55.0 Å². The van der Waals surface area contributed by atoms with Gasteiger partial charge in [0, 0.05) is 17.5 Å². The molecule has 0 spiro atoms. The normalized spacial score (nSPS) is 26.4. The fourth-order valence-electron chi connectivity index (χ4n) is 2.61. The van der Waals surface area contributed by atoms with Crippen LogP contribution in [0.15, 0.2) is 11.4 Å². The summed E-state index contributed by atoms with van der Waals surface area (Å²) in [7, 11) is 0. The first-order valence-electron chi connectivity index (χ1n) is 6.32. The summed E-state index contributed by atoms with van der Waals surface area (Å²) < 4.78 is 0. The van der Waals surface area contributed by atoms with E-state index in [0.717, 1.165) is 6.54 Å². The first kappa shape index (κ1) is 10.8. The van der Waals surface area contributed by atoms with Gasteiger partial charge >= 0.3 is 0 Å². The number of aryl methyl sites for hydroxylation is 1. The number of fused-ring (bicyclic) bond motifs is 1. The predicted octanol–water partition coefficient (Wildman–Crippen LogP) is 2.49. The molecule has 2 aliphatic rings. The Hall–Kier alpha value is -0.380. The van der Waals surface area contributed by atoms with Crippen LogP contribution in [-0.4, -0.2) is 17.8 Å². The van der Waals surface area contributed by atoms with Crippen LogP contribution in [0, 0.1) is 5.92 Å². The third-order valence-corrected chi connectivity index (χ3v) is 4.79. The molecule has 0 aromatic carbocycles. The number of thiophene rings is 1. The van der Waals surface area contributed by atoms with Gasteiger partial charge in [-0.15, -0.1) is 11.3 Å². The molecule has 2 nitrogen and oxygen atoms in total. The van der Waals surface area contributed by atoms with Crippen molar-refractivity contribution in [3.63, 3.8) is 0 Å². The molecular formula is C13H19NOS. The Morgan fingerprint density at radius 2 is 2.31 bits per heavy atom. The van der Waals surface area contributed by atoms with Crippen LogP contribution in [0.3, 0.4) is 0 Å². The minimum Gasteiger partial charge on any atom is -0.392 e. The van der Waals surface area contributed by atoms with Crippen molar-refractivity contribution in [2.45, 2.75) is 44.2 Å². The lowest BCUT2D eigenvalue weighted by molar-refractivity contribution is 0.143. The third-order valence-electron chi connectivity index (χ3n) is 3.79. The highest BCUT2D eigenvalue weighted by atomic mass is 32.1. The van der Waals surface area contributed by atoms with Gasteiger partial charge in [0.05, 0.1) is 6.10 Å². The van der Waals surface area contributed by atoms with Crippen LogP contribution in [0.25, 0.3) is 0 Å². The average Bonchev–Trinajstić information content (AvgIpc) is 3.04. The summed E-state index contributed by atoms with van der Waals surface area (Å²) in [5, 5.41) is 15.6. The molecule has 0 radical (unpaired) electrons. The monoisotopic (exact) mass is 237 g/mol. The van der Waals surface area contributed by atoms with Crippen LogP contribution in [0.4, 0.5) is 0 Å². The molecule has 2 aliphatic carbocycles. The van der Waals surface area contributed by atoms with Crippen LogP contribution in [-0.2, 0) is 6.42 Å². The molecule has 88 valence electrons. The van der Waals surface area contributed by atoms with Crippen molar-refractivity contribution in [3.05, 3.63) is 21.9 Å². The van der Waals surface area contributed by atoms with E-state index in [9.17, 15) is 5.11 Å². The topological polar surface area (TPSA) is 32.3 Å². The summed E-state index contributed by atoms with van der Waals surface area (Å²) in [5.74, 6) is 0.582. The molecule has 0 aliphatic heterocycles. The second-order valence-electron chi connectivity index (χ2n) is 5.06. The quantitative estimate of drug-likeness (QED) is 0.843. The number of aliphatic hydroxyl groups is 1. The van der Waals surface area contributed by atoms with Crippen molar-refractivity contribution in [3.8, 4) is 0 Å². The Labute approximate surface area is 101 Å². The first-order valence-corrected chi connectivity index (χ1v) is 7.20. The van der Waals surface area contributed by atoms with Gasteiger partial charge in [0.15, 0.2) is 0 Å². The molecule has 3 heteroatoms. The fraction of sp³-hybridized carbons (Fsp3) is 0.692. The van der Waals surface area contributed by atoms with Gasteiger partial charge in [-0.2, -0.15) is 0 Å². The molecule has 16 heavy (non-hydrogen) atoms. The third kappa shape index (κ3) is 2.17. The van der Waals surface area contributed by atoms with E-state index in [0.29, 0.717) is 12.0 Å². The number of rotatable bonds is 4. The van der Waals surface area contributed by atoms with Crippen molar-refractivity contribution in [2.24, 2.45) is 5.92 Å². The van der Waals surface area contributed by atoms with E-state index in [1.54, 1.807) is 4.88 Å². The van der Waals surface area contributed by atoms with Crippen LogP contribution < -0.4 is 5.32 Å². The Morgan fingerprint density at radius 3 is 3.12 bits per heavy atom. The maximum atomic E-state index is 9.86. The SMILES string of the molecule is OC(CNC1CCCc2sccc21)C1CC1. The van der Waals surface area contributed by atoms with E-state index in [1.165, 1.54) is 37.7 Å². The van der Waals surface area contributed by atoms with Crippen LogP contribution >= 0.6 is 11.3 Å². The van der Waals surface area contributed by atoms with Crippen LogP contribution in [0.2, 0.25) is 0 Å². The van der Waals surface area contributed by atoms with Gasteiger partial charge in [0.2, 0.25) is 0 Å². The molecule has 1 fully saturated rings. The van der Waals surface area contributed by atoms with Gasteiger partial charge < -0.3 is 10.4 Å². The van der Waals surface area contributed by atoms with Crippen molar-refractivity contribution in [2.75, 3.05) is 6.54 Å². The number of hydrogen-bond donors (Lipinski definition) is 2. The minimum absolute atomic E-state index is 0.121. The van der Waals surface area contributed by atoms with Crippen LogP contribution in [0.5, 0.6) is 0 Å². The lowest BCUT2D eigenvalue weighted by Crippen LogP contribution is -2.32. The minimum atomic E-state index is -0.121. The van der Waals surface area contributed by atoms with E-state index >= 15 is 0 Å². The largest absolute Gasteiger partial charge is 0.392 e. The maximum Gasteiger partial charge on any atom is 0.0692 e. The zero-order valence-corrected chi connectivity index (χ0v) is 10.3. The molecule has 1 aromatic heterocycles. The zero-order valence-electron chi connectivity index (χ0n) is 9.48. The highest BCUT2D eigenvalue weighted by molar-refractivity contribution is 7.10. The highest BCUT2D eigenvalue weighted by Crippen LogP contribution is 2.35. The molecule has 1 saturated carbocycles. The van der Waals surface area contributed by atoms with Crippen LogP contribution in [0.1, 0.15) is 42.2 Å². The summed E-state index contributed by atoms with van der Waals surface area (Å²) in [6.45, 7) is 0.768. The van der Waals surface area contributed by atoms with E-state index in [4.69, 9.17) is 0 Å². The van der Waals surface area contributed by atoms with Gasteiger partial charge in [-0.1, -0.05) is 0 Å². The second-order valence-corrected chi connectivity index (χ2v) is 6.06.